The zero-order valence-electron chi connectivity index (χ0n) is 16.2. The maximum Gasteiger partial charge on any atom is 0.223 e. The predicted octanol–water partition coefficient (Wildman–Crippen LogP) is 2.60. The topological polar surface area (TPSA) is 53.6 Å². The number of nitrogens with one attached hydrogen (secondary N) is 2. The average molecular weight is 396 g/mol. The van der Waals surface area contributed by atoms with E-state index in [1.807, 2.05) is 0 Å². The fraction of sp³-hybridized carbons (Fsp3) is 0.667. The van der Waals surface area contributed by atoms with E-state index in [0.717, 1.165) is 78.0 Å². The van der Waals surface area contributed by atoms with Crippen molar-refractivity contribution in [3.63, 3.8) is 0 Å². The minimum absolute atomic E-state index is 0. The van der Waals surface area contributed by atoms with E-state index in [0.29, 0.717) is 6.10 Å². The van der Waals surface area contributed by atoms with Gasteiger partial charge < -0.3 is 15.4 Å². The van der Waals surface area contributed by atoms with Crippen LogP contribution in [0.25, 0.3) is 0 Å². The summed E-state index contributed by atoms with van der Waals surface area (Å²) in [7, 11) is 0. The lowest BCUT2D eigenvalue weighted by molar-refractivity contribution is -0.125. The third kappa shape index (κ3) is 7.78. The number of carbonyl (C=O) groups excluding carboxylic acids is 1. The van der Waals surface area contributed by atoms with Crippen LogP contribution in [0.4, 0.5) is 0 Å². The Morgan fingerprint density at radius 1 is 1.11 bits per heavy atom. The minimum atomic E-state index is 0. The maximum absolute atomic E-state index is 12.1. The molecule has 2 saturated heterocycles. The summed E-state index contributed by atoms with van der Waals surface area (Å²) in [6.45, 7) is 6.65. The van der Waals surface area contributed by atoms with Gasteiger partial charge in [-0.15, -0.1) is 12.4 Å². The number of hydrogen-bond acceptors (Lipinski definition) is 4. The molecule has 2 fully saturated rings. The molecule has 6 heteroatoms. The highest BCUT2D eigenvalue weighted by atomic mass is 35.5. The first-order valence-corrected chi connectivity index (χ1v) is 10.2. The molecular formula is C21H34ClN3O2. The maximum atomic E-state index is 12.1. The van der Waals surface area contributed by atoms with Gasteiger partial charge in [-0.25, -0.2) is 0 Å². The molecule has 2 aliphatic heterocycles. The van der Waals surface area contributed by atoms with Gasteiger partial charge in [0, 0.05) is 38.7 Å². The van der Waals surface area contributed by atoms with Crippen LogP contribution in [0.15, 0.2) is 30.3 Å². The number of carbonyl (C=O) groups is 1. The van der Waals surface area contributed by atoms with Gasteiger partial charge in [-0.3, -0.25) is 9.69 Å². The molecule has 27 heavy (non-hydrogen) atoms. The zero-order chi connectivity index (χ0) is 18.0. The number of benzene rings is 1. The third-order valence-corrected chi connectivity index (χ3v) is 5.47. The van der Waals surface area contributed by atoms with Gasteiger partial charge in [-0.05, 0) is 50.8 Å². The molecule has 0 unspecified atom stereocenters. The van der Waals surface area contributed by atoms with E-state index in [4.69, 9.17) is 4.74 Å². The van der Waals surface area contributed by atoms with Gasteiger partial charge in [0.2, 0.25) is 5.91 Å². The molecule has 0 bridgehead atoms. The normalized spacial score (nSPS) is 19.4. The highest BCUT2D eigenvalue weighted by Gasteiger charge is 2.21. The second-order valence-electron chi connectivity index (χ2n) is 7.50. The SMILES string of the molecule is Cl.O=C(NCCCOC1CCN(Cc2ccccc2)CC1)C1CCNCC1. The fourth-order valence-electron chi connectivity index (χ4n) is 3.84. The Labute approximate surface area is 169 Å². The van der Waals surface area contributed by atoms with E-state index in [1.165, 1.54) is 5.56 Å². The van der Waals surface area contributed by atoms with Crippen molar-refractivity contribution in [2.75, 3.05) is 39.3 Å². The van der Waals surface area contributed by atoms with Crippen LogP contribution in [0.5, 0.6) is 0 Å². The number of likely N-dealkylation sites (tertiary alicyclic amines) is 1. The molecule has 1 aromatic rings. The largest absolute Gasteiger partial charge is 0.378 e. The number of ether oxygens (including phenoxy) is 1. The average Bonchev–Trinajstić information content (AvgIpc) is 2.70. The summed E-state index contributed by atoms with van der Waals surface area (Å²) in [5, 5.41) is 6.36. The van der Waals surface area contributed by atoms with E-state index in [1.54, 1.807) is 0 Å². The summed E-state index contributed by atoms with van der Waals surface area (Å²) < 4.78 is 6.02. The van der Waals surface area contributed by atoms with Gasteiger partial charge in [0.05, 0.1) is 6.10 Å². The number of nitrogens with zero attached hydrogens (tertiary/aromatic N) is 1. The van der Waals surface area contributed by atoms with Gasteiger partial charge in [-0.2, -0.15) is 0 Å². The van der Waals surface area contributed by atoms with Crippen LogP contribution in [-0.4, -0.2) is 56.2 Å². The van der Waals surface area contributed by atoms with Gasteiger partial charge in [0.25, 0.3) is 0 Å². The molecule has 1 aromatic carbocycles. The first-order valence-electron chi connectivity index (χ1n) is 10.2. The minimum Gasteiger partial charge on any atom is -0.378 e. The first-order chi connectivity index (χ1) is 12.8. The Bertz CT molecular complexity index is 529. The van der Waals surface area contributed by atoms with Crippen molar-refractivity contribution in [3.8, 4) is 0 Å². The van der Waals surface area contributed by atoms with E-state index in [-0.39, 0.29) is 24.2 Å². The van der Waals surface area contributed by atoms with Crippen LogP contribution in [-0.2, 0) is 16.1 Å². The Balaban J connectivity index is 0.00000261. The van der Waals surface area contributed by atoms with Crippen molar-refractivity contribution in [1.82, 2.24) is 15.5 Å². The number of halogens is 1. The molecule has 2 aliphatic rings. The van der Waals surface area contributed by atoms with Crippen molar-refractivity contribution < 1.29 is 9.53 Å². The van der Waals surface area contributed by atoms with Gasteiger partial charge in [-0.1, -0.05) is 30.3 Å². The number of rotatable bonds is 8. The second-order valence-corrected chi connectivity index (χ2v) is 7.50. The summed E-state index contributed by atoms with van der Waals surface area (Å²) in [5.41, 5.74) is 1.39. The van der Waals surface area contributed by atoms with Crippen molar-refractivity contribution in [2.24, 2.45) is 5.92 Å². The number of amides is 1. The molecule has 0 saturated carbocycles. The lowest BCUT2D eigenvalue weighted by atomic mass is 9.97. The zero-order valence-corrected chi connectivity index (χ0v) is 17.0. The smallest absolute Gasteiger partial charge is 0.223 e. The van der Waals surface area contributed by atoms with Crippen LogP contribution in [0.3, 0.4) is 0 Å². The van der Waals surface area contributed by atoms with E-state index in [9.17, 15) is 4.79 Å². The summed E-state index contributed by atoms with van der Waals surface area (Å²) in [6, 6.07) is 10.7. The fourth-order valence-corrected chi connectivity index (χ4v) is 3.84. The molecule has 5 nitrogen and oxygen atoms in total. The monoisotopic (exact) mass is 395 g/mol. The summed E-state index contributed by atoms with van der Waals surface area (Å²) in [5.74, 6) is 0.423. The molecule has 0 aromatic heterocycles. The number of piperidine rings is 2. The Hall–Kier alpha value is -1.14. The molecule has 2 N–H and O–H groups in total. The second kappa shape index (κ2) is 12.3. The highest BCUT2D eigenvalue weighted by Crippen LogP contribution is 2.16. The predicted molar refractivity (Wildman–Crippen MR) is 111 cm³/mol. The highest BCUT2D eigenvalue weighted by molar-refractivity contribution is 5.85. The van der Waals surface area contributed by atoms with Crippen LogP contribution in [0.2, 0.25) is 0 Å². The molecule has 0 radical (unpaired) electrons. The quantitative estimate of drug-likeness (QED) is 0.664. The Morgan fingerprint density at radius 3 is 2.52 bits per heavy atom. The molecule has 0 atom stereocenters. The van der Waals surface area contributed by atoms with E-state index < -0.39 is 0 Å². The van der Waals surface area contributed by atoms with Crippen molar-refractivity contribution in [3.05, 3.63) is 35.9 Å². The number of hydrogen-bond donors (Lipinski definition) is 2. The molecule has 3 rings (SSSR count). The van der Waals surface area contributed by atoms with Crippen LogP contribution in [0.1, 0.15) is 37.7 Å². The van der Waals surface area contributed by atoms with Crippen molar-refractivity contribution in [2.45, 2.75) is 44.8 Å². The molecule has 0 aliphatic carbocycles. The summed E-state index contributed by atoms with van der Waals surface area (Å²) in [4.78, 5) is 14.6. The summed E-state index contributed by atoms with van der Waals surface area (Å²) in [6.07, 6.45) is 5.42. The Kier molecular flexibility index (Phi) is 10.1. The first kappa shape index (κ1) is 22.2. The Morgan fingerprint density at radius 2 is 1.81 bits per heavy atom. The standard InChI is InChI=1S/C21H33N3O2.ClH/c25-21(19-7-12-22-13-8-19)23-11-4-16-26-20-9-14-24(15-10-20)17-18-5-2-1-3-6-18;/h1-3,5-6,19-20,22H,4,7-17H2,(H,23,25);1H. The van der Waals surface area contributed by atoms with E-state index >= 15 is 0 Å². The molecule has 0 spiro atoms. The molecule has 1 amide bonds. The lowest BCUT2D eigenvalue weighted by Crippen LogP contribution is -2.39. The van der Waals surface area contributed by atoms with Crippen molar-refractivity contribution >= 4 is 18.3 Å². The van der Waals surface area contributed by atoms with Gasteiger partial charge >= 0.3 is 0 Å². The van der Waals surface area contributed by atoms with Crippen LogP contribution >= 0.6 is 12.4 Å². The van der Waals surface area contributed by atoms with Crippen LogP contribution in [0, 0.1) is 5.92 Å². The summed E-state index contributed by atoms with van der Waals surface area (Å²) >= 11 is 0. The van der Waals surface area contributed by atoms with Gasteiger partial charge in [0.1, 0.15) is 0 Å². The molecule has 152 valence electrons. The van der Waals surface area contributed by atoms with Crippen molar-refractivity contribution in [1.29, 1.82) is 0 Å². The van der Waals surface area contributed by atoms with E-state index in [2.05, 4.69) is 45.9 Å². The van der Waals surface area contributed by atoms with Gasteiger partial charge in [0.15, 0.2) is 0 Å². The van der Waals surface area contributed by atoms with Crippen LogP contribution < -0.4 is 10.6 Å². The third-order valence-electron chi connectivity index (χ3n) is 5.47. The lowest BCUT2D eigenvalue weighted by Gasteiger charge is -2.32. The molecular weight excluding hydrogens is 362 g/mol. The molecule has 2 heterocycles.